The summed E-state index contributed by atoms with van der Waals surface area (Å²) in [4.78, 5) is 10.8. The molecular weight excluding hydrogens is 216 g/mol. The number of nitrogens with two attached hydrogens (primary N) is 1. The number of hydrogen-bond donors (Lipinski definition) is 3. The number of anilines is 2. The quantitative estimate of drug-likeness (QED) is 0.664. The van der Waals surface area contributed by atoms with E-state index in [1.807, 2.05) is 0 Å². The van der Waals surface area contributed by atoms with E-state index in [2.05, 4.69) is 19.2 Å². The summed E-state index contributed by atoms with van der Waals surface area (Å²) < 4.78 is 0. The van der Waals surface area contributed by atoms with E-state index in [0.717, 1.165) is 19.4 Å². The van der Waals surface area contributed by atoms with Crippen LogP contribution in [-0.4, -0.2) is 17.6 Å². The number of carboxylic acid groups (broad SMARTS) is 1. The van der Waals surface area contributed by atoms with E-state index in [1.165, 1.54) is 6.07 Å². The number of rotatable bonds is 6. The molecule has 0 spiro atoms. The van der Waals surface area contributed by atoms with Gasteiger partial charge >= 0.3 is 5.97 Å². The highest BCUT2D eigenvalue weighted by Crippen LogP contribution is 2.21. The van der Waals surface area contributed by atoms with Gasteiger partial charge in [-0.3, -0.25) is 0 Å². The number of benzene rings is 1. The summed E-state index contributed by atoms with van der Waals surface area (Å²) in [5.41, 5.74) is 7.35. The van der Waals surface area contributed by atoms with E-state index < -0.39 is 5.97 Å². The lowest BCUT2D eigenvalue weighted by atomic mass is 10.0. The molecule has 0 aliphatic rings. The van der Waals surface area contributed by atoms with Crippen LogP contribution in [0.25, 0.3) is 0 Å². The Bertz CT molecular complexity index is 387. The first-order valence-electron chi connectivity index (χ1n) is 5.95. The minimum Gasteiger partial charge on any atom is -0.478 e. The van der Waals surface area contributed by atoms with Gasteiger partial charge in [-0.05, 0) is 24.1 Å². The number of nitrogens with one attached hydrogen (secondary N) is 1. The van der Waals surface area contributed by atoms with Gasteiger partial charge in [0.2, 0.25) is 0 Å². The molecule has 1 rings (SSSR count). The molecule has 94 valence electrons. The first-order chi connectivity index (χ1) is 8.08. The molecule has 0 aliphatic heterocycles. The summed E-state index contributed by atoms with van der Waals surface area (Å²) in [6.07, 6.45) is 2.20. The van der Waals surface area contributed by atoms with Crippen LogP contribution in [-0.2, 0) is 0 Å². The third-order valence-corrected chi connectivity index (χ3v) is 3.04. The van der Waals surface area contributed by atoms with Crippen molar-refractivity contribution in [1.82, 2.24) is 0 Å². The zero-order valence-corrected chi connectivity index (χ0v) is 10.4. The lowest BCUT2D eigenvalue weighted by Gasteiger charge is -2.16. The van der Waals surface area contributed by atoms with E-state index in [0.29, 0.717) is 17.3 Å². The lowest BCUT2D eigenvalue weighted by molar-refractivity contribution is 0.0697. The number of aromatic carboxylic acids is 1. The Kier molecular flexibility index (Phi) is 4.82. The van der Waals surface area contributed by atoms with Gasteiger partial charge in [0.05, 0.1) is 16.9 Å². The zero-order chi connectivity index (χ0) is 12.8. The van der Waals surface area contributed by atoms with Crippen LogP contribution in [0, 0.1) is 5.92 Å². The Morgan fingerprint density at radius 1 is 1.41 bits per heavy atom. The molecule has 0 radical (unpaired) electrons. The Balaban J connectivity index is 2.75. The van der Waals surface area contributed by atoms with Crippen molar-refractivity contribution in [3.63, 3.8) is 0 Å². The average Bonchev–Trinajstić information content (AvgIpc) is 2.32. The van der Waals surface area contributed by atoms with Crippen LogP contribution in [0.5, 0.6) is 0 Å². The molecule has 0 aromatic heterocycles. The smallest absolute Gasteiger partial charge is 0.335 e. The Morgan fingerprint density at radius 3 is 2.59 bits per heavy atom. The van der Waals surface area contributed by atoms with Gasteiger partial charge in [0.15, 0.2) is 0 Å². The van der Waals surface area contributed by atoms with Crippen molar-refractivity contribution in [2.45, 2.75) is 26.7 Å². The first-order valence-corrected chi connectivity index (χ1v) is 5.95. The SMILES string of the molecule is CCC(CC)CNc1cc(C(=O)O)ccc1N. The zero-order valence-electron chi connectivity index (χ0n) is 10.4. The summed E-state index contributed by atoms with van der Waals surface area (Å²) in [6, 6.07) is 4.72. The predicted molar refractivity (Wildman–Crippen MR) is 70.4 cm³/mol. The summed E-state index contributed by atoms with van der Waals surface area (Å²) in [5, 5.41) is 12.1. The van der Waals surface area contributed by atoms with Crippen LogP contribution in [0.2, 0.25) is 0 Å². The average molecular weight is 236 g/mol. The molecule has 0 heterocycles. The minimum atomic E-state index is -0.935. The Morgan fingerprint density at radius 2 is 2.06 bits per heavy atom. The maximum atomic E-state index is 10.8. The van der Waals surface area contributed by atoms with E-state index >= 15 is 0 Å². The molecule has 0 atom stereocenters. The molecule has 0 aliphatic carbocycles. The molecule has 4 N–H and O–H groups in total. The Hall–Kier alpha value is -1.71. The largest absolute Gasteiger partial charge is 0.478 e. The molecule has 0 unspecified atom stereocenters. The summed E-state index contributed by atoms with van der Waals surface area (Å²) >= 11 is 0. The second-order valence-corrected chi connectivity index (χ2v) is 4.17. The van der Waals surface area contributed by atoms with Crippen molar-refractivity contribution in [2.75, 3.05) is 17.6 Å². The lowest BCUT2D eigenvalue weighted by Crippen LogP contribution is -2.14. The van der Waals surface area contributed by atoms with Crippen molar-refractivity contribution in [3.8, 4) is 0 Å². The molecule has 0 saturated heterocycles. The predicted octanol–water partition coefficient (Wildman–Crippen LogP) is 2.82. The van der Waals surface area contributed by atoms with Crippen molar-refractivity contribution < 1.29 is 9.90 Å². The highest BCUT2D eigenvalue weighted by molar-refractivity contribution is 5.90. The number of carbonyl (C=O) groups is 1. The monoisotopic (exact) mass is 236 g/mol. The molecular formula is C13H20N2O2. The molecule has 0 amide bonds. The van der Waals surface area contributed by atoms with E-state index in [-0.39, 0.29) is 5.56 Å². The van der Waals surface area contributed by atoms with E-state index in [1.54, 1.807) is 12.1 Å². The van der Waals surface area contributed by atoms with E-state index in [4.69, 9.17) is 10.8 Å². The second-order valence-electron chi connectivity index (χ2n) is 4.17. The van der Waals surface area contributed by atoms with Gasteiger partial charge in [-0.1, -0.05) is 26.7 Å². The van der Waals surface area contributed by atoms with Crippen LogP contribution in [0.3, 0.4) is 0 Å². The van der Waals surface area contributed by atoms with Crippen molar-refractivity contribution >= 4 is 17.3 Å². The van der Waals surface area contributed by atoms with Crippen LogP contribution in [0.15, 0.2) is 18.2 Å². The van der Waals surface area contributed by atoms with Gasteiger partial charge < -0.3 is 16.2 Å². The summed E-state index contributed by atoms with van der Waals surface area (Å²) in [7, 11) is 0. The second kappa shape index (κ2) is 6.13. The molecule has 0 fully saturated rings. The van der Waals surface area contributed by atoms with Crippen LogP contribution in [0.1, 0.15) is 37.0 Å². The fourth-order valence-electron chi connectivity index (χ4n) is 1.67. The standard InChI is InChI=1S/C13H20N2O2/c1-3-9(4-2)8-15-12-7-10(13(16)17)5-6-11(12)14/h5-7,9,15H,3-4,8,14H2,1-2H3,(H,16,17). The molecule has 0 saturated carbocycles. The minimum absolute atomic E-state index is 0.256. The normalized spacial score (nSPS) is 10.5. The molecule has 4 heteroatoms. The van der Waals surface area contributed by atoms with E-state index in [9.17, 15) is 4.79 Å². The van der Waals surface area contributed by atoms with Gasteiger partial charge in [-0.2, -0.15) is 0 Å². The van der Waals surface area contributed by atoms with Crippen LogP contribution < -0.4 is 11.1 Å². The molecule has 1 aromatic carbocycles. The molecule has 4 nitrogen and oxygen atoms in total. The number of hydrogen-bond acceptors (Lipinski definition) is 3. The topological polar surface area (TPSA) is 75.3 Å². The number of carboxylic acids is 1. The fraction of sp³-hybridized carbons (Fsp3) is 0.462. The summed E-state index contributed by atoms with van der Waals surface area (Å²) in [5.74, 6) is -0.349. The Labute approximate surface area is 102 Å². The third kappa shape index (κ3) is 3.66. The third-order valence-electron chi connectivity index (χ3n) is 3.04. The summed E-state index contributed by atoms with van der Waals surface area (Å²) in [6.45, 7) is 5.11. The molecule has 1 aromatic rings. The van der Waals surface area contributed by atoms with Gasteiger partial charge in [0, 0.05) is 6.54 Å². The van der Waals surface area contributed by atoms with Gasteiger partial charge in [-0.15, -0.1) is 0 Å². The fourth-order valence-corrected chi connectivity index (χ4v) is 1.67. The first kappa shape index (κ1) is 13.4. The van der Waals surface area contributed by atoms with Gasteiger partial charge in [-0.25, -0.2) is 4.79 Å². The highest BCUT2D eigenvalue weighted by Gasteiger charge is 2.08. The van der Waals surface area contributed by atoms with Gasteiger partial charge in [0.1, 0.15) is 0 Å². The number of nitrogen functional groups attached to an aromatic ring is 1. The van der Waals surface area contributed by atoms with Gasteiger partial charge in [0.25, 0.3) is 0 Å². The molecule has 0 bridgehead atoms. The van der Waals surface area contributed by atoms with Crippen molar-refractivity contribution in [2.24, 2.45) is 5.92 Å². The van der Waals surface area contributed by atoms with Crippen molar-refractivity contribution in [3.05, 3.63) is 23.8 Å². The van der Waals surface area contributed by atoms with Crippen LogP contribution in [0.4, 0.5) is 11.4 Å². The maximum absolute atomic E-state index is 10.8. The highest BCUT2D eigenvalue weighted by atomic mass is 16.4. The van der Waals surface area contributed by atoms with Crippen LogP contribution >= 0.6 is 0 Å². The maximum Gasteiger partial charge on any atom is 0.335 e. The molecule has 17 heavy (non-hydrogen) atoms. The van der Waals surface area contributed by atoms with Crippen molar-refractivity contribution in [1.29, 1.82) is 0 Å².